The van der Waals surface area contributed by atoms with E-state index in [4.69, 9.17) is 11.6 Å². The number of hydrogen-bond donors (Lipinski definition) is 1. The predicted octanol–water partition coefficient (Wildman–Crippen LogP) is 3.32. The predicted molar refractivity (Wildman–Crippen MR) is 75.3 cm³/mol. The van der Waals surface area contributed by atoms with Crippen LogP contribution in [-0.2, 0) is 6.54 Å². The summed E-state index contributed by atoms with van der Waals surface area (Å²) < 4.78 is 0. The molecule has 2 heterocycles. The Kier molecular flexibility index (Phi) is 3.34. The molecule has 1 aliphatic rings. The molecule has 0 saturated heterocycles. The minimum atomic E-state index is 0.497. The lowest BCUT2D eigenvalue weighted by Gasteiger charge is -2.07. The van der Waals surface area contributed by atoms with E-state index in [9.17, 15) is 0 Å². The first kappa shape index (κ1) is 12.4. The molecule has 1 N–H and O–H groups in total. The minimum Gasteiger partial charge on any atom is -0.364 e. The number of nitrogens with zero attached hydrogens (tertiary/aromatic N) is 3. The summed E-state index contributed by atoms with van der Waals surface area (Å²) in [7, 11) is 0. The first-order valence-corrected chi connectivity index (χ1v) is 6.79. The van der Waals surface area contributed by atoms with Gasteiger partial charge in [-0.1, -0.05) is 17.7 Å². The third kappa shape index (κ3) is 3.20. The molecule has 0 bridgehead atoms. The van der Waals surface area contributed by atoms with Crippen molar-refractivity contribution < 1.29 is 0 Å². The SMILES string of the molecule is Cc1cccc(CNc2cc(Cl)nc(C3CC3)n2)n1. The van der Waals surface area contributed by atoms with Crippen molar-refractivity contribution >= 4 is 17.4 Å². The quantitative estimate of drug-likeness (QED) is 0.869. The highest BCUT2D eigenvalue weighted by atomic mass is 35.5. The fourth-order valence-corrected chi connectivity index (χ4v) is 2.12. The van der Waals surface area contributed by atoms with Crippen LogP contribution in [0.3, 0.4) is 0 Å². The molecule has 5 heteroatoms. The third-order valence-corrected chi connectivity index (χ3v) is 3.24. The van der Waals surface area contributed by atoms with Crippen LogP contribution < -0.4 is 5.32 Å². The van der Waals surface area contributed by atoms with E-state index in [0.29, 0.717) is 17.6 Å². The van der Waals surface area contributed by atoms with Crippen LogP contribution in [-0.4, -0.2) is 15.0 Å². The van der Waals surface area contributed by atoms with Crippen molar-refractivity contribution in [2.75, 3.05) is 5.32 Å². The Labute approximate surface area is 117 Å². The molecular formula is C14H15ClN4. The van der Waals surface area contributed by atoms with Gasteiger partial charge in [0.2, 0.25) is 0 Å². The van der Waals surface area contributed by atoms with E-state index < -0.39 is 0 Å². The number of anilines is 1. The monoisotopic (exact) mass is 274 g/mol. The van der Waals surface area contributed by atoms with Crippen molar-refractivity contribution in [3.05, 3.63) is 46.6 Å². The maximum absolute atomic E-state index is 6.02. The normalized spacial score (nSPS) is 14.4. The van der Waals surface area contributed by atoms with Crippen LogP contribution in [0.5, 0.6) is 0 Å². The summed E-state index contributed by atoms with van der Waals surface area (Å²) in [4.78, 5) is 13.2. The first-order chi connectivity index (χ1) is 9.20. The summed E-state index contributed by atoms with van der Waals surface area (Å²) in [5, 5.41) is 3.75. The van der Waals surface area contributed by atoms with Gasteiger partial charge in [0.15, 0.2) is 0 Å². The Morgan fingerprint density at radius 2 is 2.11 bits per heavy atom. The molecule has 0 amide bonds. The molecule has 1 aliphatic carbocycles. The molecule has 0 aromatic carbocycles. The van der Waals surface area contributed by atoms with E-state index in [-0.39, 0.29) is 0 Å². The fourth-order valence-electron chi connectivity index (χ4n) is 1.93. The van der Waals surface area contributed by atoms with Crippen molar-refractivity contribution in [3.63, 3.8) is 0 Å². The Morgan fingerprint density at radius 3 is 2.84 bits per heavy atom. The van der Waals surface area contributed by atoms with Gasteiger partial charge in [-0.3, -0.25) is 4.98 Å². The zero-order valence-electron chi connectivity index (χ0n) is 10.7. The number of halogens is 1. The zero-order valence-corrected chi connectivity index (χ0v) is 11.5. The number of aromatic nitrogens is 3. The molecule has 19 heavy (non-hydrogen) atoms. The number of pyridine rings is 1. The molecule has 0 spiro atoms. The highest BCUT2D eigenvalue weighted by molar-refractivity contribution is 6.29. The van der Waals surface area contributed by atoms with Crippen LogP contribution >= 0.6 is 11.6 Å². The van der Waals surface area contributed by atoms with Gasteiger partial charge in [-0.2, -0.15) is 0 Å². The van der Waals surface area contributed by atoms with Crippen LogP contribution in [0, 0.1) is 6.92 Å². The summed E-state index contributed by atoms with van der Waals surface area (Å²) in [5.41, 5.74) is 2.00. The van der Waals surface area contributed by atoms with Crippen LogP contribution in [0.4, 0.5) is 5.82 Å². The molecule has 2 aromatic rings. The van der Waals surface area contributed by atoms with E-state index in [1.165, 1.54) is 12.8 Å². The summed E-state index contributed by atoms with van der Waals surface area (Å²) in [6, 6.07) is 7.73. The Balaban J connectivity index is 1.72. The molecule has 1 saturated carbocycles. The van der Waals surface area contributed by atoms with Crippen molar-refractivity contribution in [3.8, 4) is 0 Å². The van der Waals surface area contributed by atoms with Crippen LogP contribution in [0.1, 0.15) is 36.0 Å². The molecule has 98 valence electrons. The van der Waals surface area contributed by atoms with Crippen molar-refractivity contribution in [1.29, 1.82) is 0 Å². The van der Waals surface area contributed by atoms with Gasteiger partial charge >= 0.3 is 0 Å². The van der Waals surface area contributed by atoms with E-state index >= 15 is 0 Å². The molecule has 0 aliphatic heterocycles. The topological polar surface area (TPSA) is 50.7 Å². The molecule has 3 rings (SSSR count). The van der Waals surface area contributed by atoms with Gasteiger partial charge < -0.3 is 5.32 Å². The van der Waals surface area contributed by atoms with Crippen molar-refractivity contribution in [2.45, 2.75) is 32.2 Å². The summed E-state index contributed by atoms with van der Waals surface area (Å²) in [6.45, 7) is 2.62. The first-order valence-electron chi connectivity index (χ1n) is 6.41. The second-order valence-corrected chi connectivity index (χ2v) is 5.22. The van der Waals surface area contributed by atoms with Gasteiger partial charge in [-0.15, -0.1) is 0 Å². The minimum absolute atomic E-state index is 0.497. The van der Waals surface area contributed by atoms with Gasteiger partial charge in [-0.05, 0) is 31.9 Å². The molecule has 1 fully saturated rings. The van der Waals surface area contributed by atoms with Crippen LogP contribution in [0.2, 0.25) is 5.15 Å². The number of hydrogen-bond acceptors (Lipinski definition) is 4. The van der Waals surface area contributed by atoms with Gasteiger partial charge in [0.05, 0.1) is 12.2 Å². The summed E-state index contributed by atoms with van der Waals surface area (Å²) >= 11 is 6.02. The molecule has 0 unspecified atom stereocenters. The Hall–Kier alpha value is -1.68. The zero-order chi connectivity index (χ0) is 13.2. The molecule has 0 radical (unpaired) electrons. The van der Waals surface area contributed by atoms with E-state index in [1.807, 2.05) is 25.1 Å². The van der Waals surface area contributed by atoms with Crippen LogP contribution in [0.25, 0.3) is 0 Å². The highest BCUT2D eigenvalue weighted by Gasteiger charge is 2.27. The van der Waals surface area contributed by atoms with E-state index in [1.54, 1.807) is 6.07 Å². The maximum Gasteiger partial charge on any atom is 0.135 e. The molecule has 4 nitrogen and oxygen atoms in total. The lowest BCUT2D eigenvalue weighted by Crippen LogP contribution is -2.05. The average molecular weight is 275 g/mol. The summed E-state index contributed by atoms with van der Waals surface area (Å²) in [5.74, 6) is 2.12. The second kappa shape index (κ2) is 5.13. The average Bonchev–Trinajstić information content (AvgIpc) is 3.20. The molecule has 0 atom stereocenters. The highest BCUT2D eigenvalue weighted by Crippen LogP contribution is 2.38. The number of rotatable bonds is 4. The summed E-state index contributed by atoms with van der Waals surface area (Å²) in [6.07, 6.45) is 2.33. The number of nitrogens with one attached hydrogen (secondary N) is 1. The number of aryl methyl sites for hydroxylation is 1. The lowest BCUT2D eigenvalue weighted by atomic mass is 10.3. The fraction of sp³-hybridized carbons (Fsp3) is 0.357. The standard InChI is InChI=1S/C14H15ClN4/c1-9-3-2-4-11(17-9)8-16-13-7-12(15)18-14(19-13)10-5-6-10/h2-4,7,10H,5-6,8H2,1H3,(H,16,18,19). The Morgan fingerprint density at radius 1 is 1.26 bits per heavy atom. The Bertz CT molecular complexity index is 596. The van der Waals surface area contributed by atoms with Crippen molar-refractivity contribution in [2.24, 2.45) is 0 Å². The van der Waals surface area contributed by atoms with Gasteiger partial charge in [0.1, 0.15) is 16.8 Å². The molecule has 2 aromatic heterocycles. The smallest absolute Gasteiger partial charge is 0.135 e. The van der Waals surface area contributed by atoms with Gasteiger partial charge in [-0.25, -0.2) is 9.97 Å². The van der Waals surface area contributed by atoms with Gasteiger partial charge in [0, 0.05) is 17.7 Å². The van der Waals surface area contributed by atoms with Crippen LogP contribution in [0.15, 0.2) is 24.3 Å². The van der Waals surface area contributed by atoms with Gasteiger partial charge in [0.25, 0.3) is 0 Å². The molecular weight excluding hydrogens is 260 g/mol. The van der Waals surface area contributed by atoms with E-state index in [0.717, 1.165) is 23.0 Å². The van der Waals surface area contributed by atoms with Crippen molar-refractivity contribution in [1.82, 2.24) is 15.0 Å². The third-order valence-electron chi connectivity index (χ3n) is 3.05. The maximum atomic E-state index is 6.02. The van der Waals surface area contributed by atoms with E-state index in [2.05, 4.69) is 20.3 Å². The largest absolute Gasteiger partial charge is 0.364 e. The lowest BCUT2D eigenvalue weighted by molar-refractivity contribution is 0.915. The second-order valence-electron chi connectivity index (χ2n) is 4.83.